The molecule has 2 saturated heterocycles. The van der Waals surface area contributed by atoms with E-state index in [0.717, 1.165) is 50.1 Å². The molecule has 2 fully saturated rings. The molecule has 2 aliphatic rings. The van der Waals surface area contributed by atoms with Crippen molar-refractivity contribution in [2.45, 2.75) is 26.3 Å². The van der Waals surface area contributed by atoms with Crippen LogP contribution in [0.1, 0.15) is 35.9 Å². The molecule has 0 bridgehead atoms. The fourth-order valence-corrected chi connectivity index (χ4v) is 3.91. The number of rotatable bonds is 5. The summed E-state index contributed by atoms with van der Waals surface area (Å²) in [6, 6.07) is 7.67. The number of aromatic nitrogens is 1. The lowest BCUT2D eigenvalue weighted by Crippen LogP contribution is -2.53. The van der Waals surface area contributed by atoms with E-state index in [-0.39, 0.29) is 5.91 Å². The summed E-state index contributed by atoms with van der Waals surface area (Å²) in [7, 11) is 0. The highest BCUT2D eigenvalue weighted by molar-refractivity contribution is 5.91. The number of carbonyl (C=O) groups is 1. The third-order valence-corrected chi connectivity index (χ3v) is 5.58. The van der Waals surface area contributed by atoms with Crippen LogP contribution in [0.5, 0.6) is 0 Å². The largest absolute Gasteiger partial charge is 0.459 e. The van der Waals surface area contributed by atoms with Crippen molar-refractivity contribution in [3.8, 4) is 0 Å². The molecule has 2 aliphatic heterocycles. The van der Waals surface area contributed by atoms with Crippen LogP contribution in [0.25, 0.3) is 0 Å². The molecule has 4 heterocycles. The molecular weight excluding hydrogens is 380 g/mol. The Morgan fingerprint density at radius 3 is 2.50 bits per heavy atom. The summed E-state index contributed by atoms with van der Waals surface area (Å²) in [6.45, 7) is 8.43. The van der Waals surface area contributed by atoms with Gasteiger partial charge in [-0.2, -0.15) is 0 Å². The number of aliphatic imine (C=N–C) groups is 1. The zero-order valence-electron chi connectivity index (χ0n) is 17.6. The van der Waals surface area contributed by atoms with Gasteiger partial charge in [0.2, 0.25) is 0 Å². The van der Waals surface area contributed by atoms with Gasteiger partial charge in [0, 0.05) is 52.0 Å². The van der Waals surface area contributed by atoms with Crippen molar-refractivity contribution in [3.05, 3.63) is 48.0 Å². The summed E-state index contributed by atoms with van der Waals surface area (Å²) in [5, 5.41) is 3.38. The molecule has 8 heteroatoms. The number of furan rings is 1. The Hall–Kier alpha value is -3.03. The Bertz CT molecular complexity index is 835. The van der Waals surface area contributed by atoms with Gasteiger partial charge in [0.15, 0.2) is 11.7 Å². The minimum atomic E-state index is -0.0502. The molecule has 2 aromatic rings. The molecule has 0 saturated carbocycles. The summed E-state index contributed by atoms with van der Waals surface area (Å²) < 4.78 is 5.24. The SMILES string of the molecule is CCNC(=NCc1ccc(N2CCCC2)nc1)N1CCN(C(=O)c2ccco2)CC1. The number of carbonyl (C=O) groups excluding carboxylic acids is 1. The molecular formula is C22H30N6O2. The average Bonchev–Trinajstić information content (AvgIpc) is 3.51. The highest BCUT2D eigenvalue weighted by Crippen LogP contribution is 2.18. The molecule has 4 rings (SSSR count). The first-order valence-corrected chi connectivity index (χ1v) is 10.8. The second kappa shape index (κ2) is 9.65. The molecule has 8 nitrogen and oxygen atoms in total. The summed E-state index contributed by atoms with van der Waals surface area (Å²) in [6.07, 6.45) is 5.97. The quantitative estimate of drug-likeness (QED) is 0.602. The van der Waals surface area contributed by atoms with Gasteiger partial charge in [0.25, 0.3) is 5.91 Å². The maximum absolute atomic E-state index is 12.5. The van der Waals surface area contributed by atoms with Crippen LogP contribution in [0.3, 0.4) is 0 Å². The van der Waals surface area contributed by atoms with Crippen LogP contribution < -0.4 is 10.2 Å². The van der Waals surface area contributed by atoms with Crippen molar-refractivity contribution >= 4 is 17.7 Å². The van der Waals surface area contributed by atoms with E-state index in [1.54, 1.807) is 12.1 Å². The number of nitrogens with zero attached hydrogens (tertiary/aromatic N) is 5. The first kappa shape index (κ1) is 20.3. The third-order valence-electron chi connectivity index (χ3n) is 5.58. The Labute approximate surface area is 177 Å². The smallest absolute Gasteiger partial charge is 0.289 e. The number of pyridine rings is 1. The molecule has 0 radical (unpaired) electrons. The van der Waals surface area contributed by atoms with Crippen LogP contribution in [-0.2, 0) is 6.54 Å². The first-order valence-electron chi connectivity index (χ1n) is 10.8. The topological polar surface area (TPSA) is 77.2 Å². The van der Waals surface area contributed by atoms with Gasteiger partial charge in [-0.1, -0.05) is 6.07 Å². The number of piperazine rings is 1. The van der Waals surface area contributed by atoms with Crippen molar-refractivity contribution in [3.63, 3.8) is 0 Å². The highest BCUT2D eigenvalue weighted by Gasteiger charge is 2.25. The zero-order chi connectivity index (χ0) is 20.8. The van der Waals surface area contributed by atoms with Crippen molar-refractivity contribution in [1.29, 1.82) is 0 Å². The maximum Gasteiger partial charge on any atom is 0.289 e. The predicted octanol–water partition coefficient (Wildman–Crippen LogP) is 2.20. The van der Waals surface area contributed by atoms with Gasteiger partial charge in [-0.15, -0.1) is 0 Å². The van der Waals surface area contributed by atoms with Gasteiger partial charge in [-0.3, -0.25) is 4.79 Å². The molecule has 1 amide bonds. The maximum atomic E-state index is 12.5. The number of anilines is 1. The second-order valence-corrected chi connectivity index (χ2v) is 7.65. The van der Waals surface area contributed by atoms with E-state index in [2.05, 4.69) is 39.2 Å². The van der Waals surface area contributed by atoms with E-state index in [1.165, 1.54) is 19.1 Å². The molecule has 0 atom stereocenters. The van der Waals surface area contributed by atoms with Crippen LogP contribution in [0, 0.1) is 0 Å². The van der Waals surface area contributed by atoms with E-state index >= 15 is 0 Å². The predicted molar refractivity (Wildman–Crippen MR) is 117 cm³/mol. The first-order chi connectivity index (χ1) is 14.7. The number of hydrogen-bond acceptors (Lipinski definition) is 5. The molecule has 30 heavy (non-hydrogen) atoms. The minimum absolute atomic E-state index is 0.0502. The average molecular weight is 411 g/mol. The van der Waals surface area contributed by atoms with Crippen molar-refractivity contribution in [2.75, 3.05) is 50.7 Å². The van der Waals surface area contributed by atoms with Crippen molar-refractivity contribution in [1.82, 2.24) is 20.1 Å². The summed E-state index contributed by atoms with van der Waals surface area (Å²) in [5.74, 6) is 2.29. The fourth-order valence-electron chi connectivity index (χ4n) is 3.91. The van der Waals surface area contributed by atoms with Crippen LogP contribution in [0.15, 0.2) is 46.1 Å². The van der Waals surface area contributed by atoms with Gasteiger partial charge < -0.3 is 24.4 Å². The fraction of sp³-hybridized carbons (Fsp3) is 0.500. The summed E-state index contributed by atoms with van der Waals surface area (Å²) >= 11 is 0. The zero-order valence-corrected chi connectivity index (χ0v) is 17.6. The van der Waals surface area contributed by atoms with Crippen LogP contribution in [0.2, 0.25) is 0 Å². The van der Waals surface area contributed by atoms with Crippen molar-refractivity contribution < 1.29 is 9.21 Å². The highest BCUT2D eigenvalue weighted by atomic mass is 16.3. The van der Waals surface area contributed by atoms with E-state index in [4.69, 9.17) is 9.41 Å². The van der Waals surface area contributed by atoms with E-state index in [9.17, 15) is 4.79 Å². The summed E-state index contributed by atoms with van der Waals surface area (Å²) in [4.78, 5) is 28.3. The Kier molecular flexibility index (Phi) is 6.51. The van der Waals surface area contributed by atoms with Gasteiger partial charge >= 0.3 is 0 Å². The molecule has 1 N–H and O–H groups in total. The normalized spacial score (nSPS) is 17.5. The molecule has 0 aliphatic carbocycles. The Morgan fingerprint density at radius 2 is 1.87 bits per heavy atom. The van der Waals surface area contributed by atoms with Crippen LogP contribution in [0.4, 0.5) is 5.82 Å². The number of guanidine groups is 1. The molecule has 2 aromatic heterocycles. The van der Waals surface area contributed by atoms with E-state index in [0.29, 0.717) is 25.4 Å². The lowest BCUT2D eigenvalue weighted by atomic mass is 10.2. The van der Waals surface area contributed by atoms with Gasteiger partial charge in [0.05, 0.1) is 12.8 Å². The number of amides is 1. The lowest BCUT2D eigenvalue weighted by Gasteiger charge is -2.36. The van der Waals surface area contributed by atoms with Gasteiger partial charge in [-0.25, -0.2) is 9.98 Å². The van der Waals surface area contributed by atoms with Gasteiger partial charge in [-0.05, 0) is 43.5 Å². The monoisotopic (exact) mass is 410 g/mol. The van der Waals surface area contributed by atoms with Crippen molar-refractivity contribution in [2.24, 2.45) is 4.99 Å². The molecule has 0 spiro atoms. The van der Waals surface area contributed by atoms with Crippen LogP contribution in [-0.4, -0.2) is 72.5 Å². The van der Waals surface area contributed by atoms with E-state index < -0.39 is 0 Å². The number of nitrogens with one attached hydrogen (secondary N) is 1. The summed E-state index contributed by atoms with van der Waals surface area (Å²) in [5.41, 5.74) is 1.10. The second-order valence-electron chi connectivity index (χ2n) is 7.65. The Morgan fingerprint density at radius 1 is 1.10 bits per heavy atom. The molecule has 160 valence electrons. The minimum Gasteiger partial charge on any atom is -0.459 e. The lowest BCUT2D eigenvalue weighted by molar-refractivity contribution is 0.0657. The molecule has 0 aromatic carbocycles. The van der Waals surface area contributed by atoms with Gasteiger partial charge in [0.1, 0.15) is 5.82 Å². The standard InChI is InChI=1S/C22H30N6O2/c1-2-23-22(25-17-18-7-8-20(24-16-18)26-9-3-4-10-26)28-13-11-27(12-14-28)21(29)19-6-5-15-30-19/h5-8,15-16H,2-4,9-14,17H2,1H3,(H,23,25). The van der Waals surface area contributed by atoms with E-state index in [1.807, 2.05) is 11.1 Å². The van der Waals surface area contributed by atoms with Crippen LogP contribution >= 0.6 is 0 Å². The number of hydrogen-bond donors (Lipinski definition) is 1. The Balaban J connectivity index is 1.34. The third kappa shape index (κ3) is 4.75. The molecule has 0 unspecified atom stereocenters.